The molecule has 1 unspecified atom stereocenters. The summed E-state index contributed by atoms with van der Waals surface area (Å²) in [5, 5.41) is 2.15. The quantitative estimate of drug-likeness (QED) is 0.850. The van der Waals surface area contributed by atoms with Gasteiger partial charge in [-0.05, 0) is 17.5 Å². The molecule has 0 bridgehead atoms. The van der Waals surface area contributed by atoms with Crippen molar-refractivity contribution in [3.8, 4) is 0 Å². The van der Waals surface area contributed by atoms with Crippen LogP contribution in [-0.4, -0.2) is 18.6 Å². The van der Waals surface area contributed by atoms with Crippen LogP contribution >= 0.6 is 0 Å². The van der Waals surface area contributed by atoms with Crippen LogP contribution in [0.15, 0.2) is 24.3 Å². The largest absolute Gasteiger partial charge is 0.401 e. The smallest absolute Gasteiger partial charge is 0.368 e. The second-order valence-corrected chi connectivity index (χ2v) is 3.88. The van der Waals surface area contributed by atoms with E-state index in [9.17, 15) is 18.0 Å². The van der Waals surface area contributed by atoms with Crippen molar-refractivity contribution < 1.29 is 18.0 Å². The van der Waals surface area contributed by atoms with Gasteiger partial charge in [-0.1, -0.05) is 31.2 Å². The molecule has 3 nitrogen and oxygen atoms in total. The number of rotatable bonds is 5. The molecule has 0 radical (unpaired) electrons. The van der Waals surface area contributed by atoms with E-state index in [0.717, 1.165) is 5.56 Å². The van der Waals surface area contributed by atoms with Gasteiger partial charge in [-0.2, -0.15) is 13.2 Å². The summed E-state index contributed by atoms with van der Waals surface area (Å²) in [5.41, 5.74) is 6.45. The van der Waals surface area contributed by atoms with Gasteiger partial charge in [0, 0.05) is 0 Å². The highest BCUT2D eigenvalue weighted by Gasteiger charge is 2.30. The molecule has 0 heterocycles. The number of benzene rings is 1. The van der Waals surface area contributed by atoms with Crippen molar-refractivity contribution in [2.45, 2.75) is 25.6 Å². The van der Waals surface area contributed by atoms with E-state index in [2.05, 4.69) is 5.32 Å². The van der Waals surface area contributed by atoms with Gasteiger partial charge < -0.3 is 5.73 Å². The van der Waals surface area contributed by atoms with Crippen LogP contribution in [0.2, 0.25) is 0 Å². The molecule has 0 saturated heterocycles. The topological polar surface area (TPSA) is 55.1 Å². The summed E-state index contributed by atoms with van der Waals surface area (Å²) in [4.78, 5) is 11.3. The SMILES string of the molecule is CCc1ccccc1C(NCC(F)(F)F)C(N)=O. The molecule has 6 heteroatoms. The van der Waals surface area contributed by atoms with Gasteiger partial charge in [-0.25, -0.2) is 0 Å². The van der Waals surface area contributed by atoms with Crippen LogP contribution in [0.4, 0.5) is 13.2 Å². The van der Waals surface area contributed by atoms with Crippen molar-refractivity contribution in [1.29, 1.82) is 0 Å². The molecule has 18 heavy (non-hydrogen) atoms. The summed E-state index contributed by atoms with van der Waals surface area (Å²) >= 11 is 0. The van der Waals surface area contributed by atoms with Crippen molar-refractivity contribution in [2.75, 3.05) is 6.54 Å². The van der Waals surface area contributed by atoms with Crippen LogP contribution in [0.25, 0.3) is 0 Å². The third kappa shape index (κ3) is 4.03. The molecule has 1 aromatic rings. The fourth-order valence-corrected chi connectivity index (χ4v) is 1.72. The van der Waals surface area contributed by atoms with E-state index in [1.54, 1.807) is 24.3 Å². The Morgan fingerprint density at radius 3 is 2.50 bits per heavy atom. The van der Waals surface area contributed by atoms with Gasteiger partial charge in [0.25, 0.3) is 0 Å². The van der Waals surface area contributed by atoms with Gasteiger partial charge in [-0.15, -0.1) is 0 Å². The lowest BCUT2D eigenvalue weighted by Gasteiger charge is -2.19. The molecule has 0 saturated carbocycles. The molecular weight excluding hydrogens is 245 g/mol. The summed E-state index contributed by atoms with van der Waals surface area (Å²) in [6.45, 7) is 0.610. The number of alkyl halides is 3. The molecule has 0 aliphatic rings. The summed E-state index contributed by atoms with van der Waals surface area (Å²) in [5.74, 6) is -0.819. The Morgan fingerprint density at radius 2 is 2.00 bits per heavy atom. The van der Waals surface area contributed by atoms with E-state index in [4.69, 9.17) is 5.73 Å². The fourth-order valence-electron chi connectivity index (χ4n) is 1.72. The number of hydrogen-bond acceptors (Lipinski definition) is 2. The van der Waals surface area contributed by atoms with Crippen molar-refractivity contribution in [2.24, 2.45) is 5.73 Å². The number of primary amides is 1. The number of amides is 1. The minimum Gasteiger partial charge on any atom is -0.368 e. The first-order valence-electron chi connectivity index (χ1n) is 5.52. The second-order valence-electron chi connectivity index (χ2n) is 3.88. The third-order valence-corrected chi connectivity index (χ3v) is 2.54. The Balaban J connectivity index is 2.94. The maximum atomic E-state index is 12.2. The van der Waals surface area contributed by atoms with Crippen molar-refractivity contribution >= 4 is 5.91 Å². The minimum atomic E-state index is -4.38. The molecule has 3 N–H and O–H groups in total. The average molecular weight is 260 g/mol. The molecule has 1 atom stereocenters. The van der Waals surface area contributed by atoms with E-state index >= 15 is 0 Å². The van der Waals surface area contributed by atoms with Crippen LogP contribution in [0.5, 0.6) is 0 Å². The highest BCUT2D eigenvalue weighted by atomic mass is 19.4. The highest BCUT2D eigenvalue weighted by Crippen LogP contribution is 2.20. The molecule has 0 fully saturated rings. The normalized spacial score (nSPS) is 13.3. The number of aryl methyl sites for hydroxylation is 1. The zero-order chi connectivity index (χ0) is 13.8. The Labute approximate surface area is 103 Å². The molecule has 1 rings (SSSR count). The highest BCUT2D eigenvalue weighted by molar-refractivity contribution is 5.81. The molecule has 100 valence electrons. The van der Waals surface area contributed by atoms with Gasteiger partial charge in [0.15, 0.2) is 0 Å². The van der Waals surface area contributed by atoms with Crippen LogP contribution < -0.4 is 11.1 Å². The second kappa shape index (κ2) is 5.86. The minimum absolute atomic E-state index is 0.497. The number of carbonyl (C=O) groups excluding carboxylic acids is 1. The first kappa shape index (κ1) is 14.5. The number of nitrogens with two attached hydrogens (primary N) is 1. The third-order valence-electron chi connectivity index (χ3n) is 2.54. The standard InChI is InChI=1S/C12H15F3N2O/c1-2-8-5-3-4-6-9(8)10(11(16)18)17-7-12(13,14)15/h3-6,10,17H,2,7H2,1H3,(H2,16,18). The Hall–Kier alpha value is -1.56. The summed E-state index contributed by atoms with van der Waals surface area (Å²) in [7, 11) is 0. The summed E-state index contributed by atoms with van der Waals surface area (Å²) in [6, 6.07) is 5.69. The maximum absolute atomic E-state index is 12.2. The van der Waals surface area contributed by atoms with Crippen molar-refractivity contribution in [3.05, 3.63) is 35.4 Å². The number of halogens is 3. The van der Waals surface area contributed by atoms with Crippen LogP contribution in [-0.2, 0) is 11.2 Å². The molecular formula is C12H15F3N2O. The van der Waals surface area contributed by atoms with Crippen LogP contribution in [0, 0.1) is 0 Å². The first-order valence-corrected chi connectivity index (χ1v) is 5.52. The lowest BCUT2D eigenvalue weighted by molar-refractivity contribution is -0.130. The number of nitrogens with one attached hydrogen (secondary N) is 1. The monoisotopic (exact) mass is 260 g/mol. The lowest BCUT2D eigenvalue weighted by Crippen LogP contribution is -2.39. The summed E-state index contributed by atoms with van der Waals surface area (Å²) in [6.07, 6.45) is -3.76. The maximum Gasteiger partial charge on any atom is 0.401 e. The number of carbonyl (C=O) groups is 1. The predicted octanol–water partition coefficient (Wildman–Crippen LogP) is 1.93. The number of hydrogen-bond donors (Lipinski definition) is 2. The molecule has 0 aliphatic heterocycles. The molecule has 0 aromatic heterocycles. The Morgan fingerprint density at radius 1 is 1.39 bits per heavy atom. The van der Waals surface area contributed by atoms with Gasteiger partial charge in [-0.3, -0.25) is 10.1 Å². The van der Waals surface area contributed by atoms with E-state index in [1.807, 2.05) is 6.92 Å². The Kier molecular flexibility index (Phi) is 4.72. The Bertz CT molecular complexity index is 418. The van der Waals surface area contributed by atoms with E-state index in [-0.39, 0.29) is 0 Å². The van der Waals surface area contributed by atoms with Gasteiger partial charge in [0.05, 0.1) is 6.54 Å². The van der Waals surface area contributed by atoms with E-state index in [0.29, 0.717) is 12.0 Å². The van der Waals surface area contributed by atoms with Gasteiger partial charge >= 0.3 is 6.18 Å². The van der Waals surface area contributed by atoms with Gasteiger partial charge in [0.1, 0.15) is 6.04 Å². The van der Waals surface area contributed by atoms with E-state index in [1.165, 1.54) is 0 Å². The molecule has 0 aliphatic carbocycles. The van der Waals surface area contributed by atoms with Gasteiger partial charge in [0.2, 0.25) is 5.91 Å². The van der Waals surface area contributed by atoms with Crippen molar-refractivity contribution in [1.82, 2.24) is 5.32 Å². The molecule has 1 aromatic carbocycles. The first-order chi connectivity index (χ1) is 8.35. The zero-order valence-corrected chi connectivity index (χ0v) is 9.92. The van der Waals surface area contributed by atoms with Crippen molar-refractivity contribution in [3.63, 3.8) is 0 Å². The summed E-state index contributed by atoms with van der Waals surface area (Å²) < 4.78 is 36.5. The predicted molar refractivity (Wildman–Crippen MR) is 61.8 cm³/mol. The molecule has 0 spiro atoms. The average Bonchev–Trinajstić information content (AvgIpc) is 2.28. The fraction of sp³-hybridized carbons (Fsp3) is 0.417. The van der Waals surface area contributed by atoms with Crippen LogP contribution in [0.1, 0.15) is 24.1 Å². The lowest BCUT2D eigenvalue weighted by atomic mass is 9.98. The zero-order valence-electron chi connectivity index (χ0n) is 9.92. The molecule has 1 amide bonds. The van der Waals surface area contributed by atoms with Crippen LogP contribution in [0.3, 0.4) is 0 Å². The van der Waals surface area contributed by atoms with E-state index < -0.39 is 24.7 Å².